The molecule has 1 unspecified atom stereocenters. The number of morpholine rings is 1. The predicted octanol–water partition coefficient (Wildman–Crippen LogP) is 3.00. The molecule has 4 rings (SSSR count). The quantitative estimate of drug-likeness (QED) is 0.629. The summed E-state index contributed by atoms with van der Waals surface area (Å²) in [5.74, 6) is -0.279. The number of ether oxygens (including phenoxy) is 1. The van der Waals surface area contributed by atoms with Crippen molar-refractivity contribution in [2.24, 2.45) is 0 Å². The molecule has 1 aliphatic rings. The van der Waals surface area contributed by atoms with E-state index in [1.54, 1.807) is 24.4 Å². The molecule has 1 saturated heterocycles. The van der Waals surface area contributed by atoms with Crippen LogP contribution >= 0.6 is 11.6 Å². The van der Waals surface area contributed by atoms with Crippen molar-refractivity contribution in [1.29, 1.82) is 0 Å². The molecule has 30 heavy (non-hydrogen) atoms. The van der Waals surface area contributed by atoms with Gasteiger partial charge in [-0.1, -0.05) is 23.7 Å². The van der Waals surface area contributed by atoms with Gasteiger partial charge >= 0.3 is 6.03 Å². The number of amides is 2. The molecule has 0 radical (unpaired) electrons. The zero-order chi connectivity index (χ0) is 20.9. The van der Waals surface area contributed by atoms with Crippen LogP contribution in [0.4, 0.5) is 9.18 Å². The number of carbonyl (C=O) groups is 1. The van der Waals surface area contributed by atoms with Crippen LogP contribution in [0.1, 0.15) is 17.3 Å². The van der Waals surface area contributed by atoms with Crippen LogP contribution in [-0.2, 0) is 11.3 Å². The third-order valence-corrected chi connectivity index (χ3v) is 5.32. The van der Waals surface area contributed by atoms with Gasteiger partial charge in [0.15, 0.2) is 0 Å². The first kappa shape index (κ1) is 20.6. The van der Waals surface area contributed by atoms with Crippen LogP contribution in [0.3, 0.4) is 0 Å². The number of pyridine rings is 1. The second-order valence-electron chi connectivity index (χ2n) is 7.12. The Labute approximate surface area is 178 Å². The highest BCUT2D eigenvalue weighted by atomic mass is 35.5. The molecule has 2 amide bonds. The van der Waals surface area contributed by atoms with Gasteiger partial charge in [0, 0.05) is 32.0 Å². The Morgan fingerprint density at radius 3 is 2.67 bits per heavy atom. The van der Waals surface area contributed by atoms with Crippen LogP contribution < -0.4 is 10.6 Å². The van der Waals surface area contributed by atoms with Crippen molar-refractivity contribution in [3.8, 4) is 0 Å². The number of carbonyl (C=O) groups excluding carboxylic acids is 1. The van der Waals surface area contributed by atoms with Gasteiger partial charge in [0.05, 0.1) is 36.5 Å². The van der Waals surface area contributed by atoms with Crippen molar-refractivity contribution < 1.29 is 13.9 Å². The highest BCUT2D eigenvalue weighted by Gasteiger charge is 2.23. The fraction of sp³-hybridized carbons (Fsp3) is 0.333. The normalized spacial score (nSPS) is 15.8. The zero-order valence-electron chi connectivity index (χ0n) is 16.4. The Morgan fingerprint density at radius 1 is 1.13 bits per heavy atom. The van der Waals surface area contributed by atoms with E-state index in [0.717, 1.165) is 30.0 Å². The van der Waals surface area contributed by atoms with Gasteiger partial charge in [-0.3, -0.25) is 4.90 Å². The topological polar surface area (TPSA) is 70.9 Å². The minimum absolute atomic E-state index is 0.0578. The third kappa shape index (κ3) is 5.08. The molecule has 3 heterocycles. The minimum Gasteiger partial charge on any atom is -0.379 e. The van der Waals surface area contributed by atoms with Crippen LogP contribution in [0.5, 0.6) is 0 Å². The van der Waals surface area contributed by atoms with Gasteiger partial charge in [-0.05, 0) is 29.8 Å². The average molecular weight is 432 g/mol. The summed E-state index contributed by atoms with van der Waals surface area (Å²) in [5, 5.41) is 6.37. The van der Waals surface area contributed by atoms with Crippen molar-refractivity contribution in [2.75, 3.05) is 32.8 Å². The summed E-state index contributed by atoms with van der Waals surface area (Å²) >= 11 is 5.99. The number of hydrogen-bond acceptors (Lipinski definition) is 4. The molecule has 9 heteroatoms. The Morgan fingerprint density at radius 2 is 1.90 bits per heavy atom. The second kappa shape index (κ2) is 9.42. The number of hydrogen-bond donors (Lipinski definition) is 2. The van der Waals surface area contributed by atoms with Crippen LogP contribution in [-0.4, -0.2) is 53.2 Å². The van der Waals surface area contributed by atoms with E-state index in [2.05, 4.69) is 20.5 Å². The molecular formula is C21H23ClFN5O2. The standard InChI is InChI=1S/C21H23ClFN5O2/c22-16-3-6-20-26-18(14-28(20)13-16)11-24-21(29)25-12-19(27-7-9-30-10-8-27)15-1-4-17(23)5-2-15/h1-6,13-14,19H,7-12H2,(H2,24,25,29). The van der Waals surface area contributed by atoms with E-state index in [9.17, 15) is 9.18 Å². The maximum Gasteiger partial charge on any atom is 0.315 e. The summed E-state index contributed by atoms with van der Waals surface area (Å²) in [5.41, 5.74) is 2.45. The summed E-state index contributed by atoms with van der Waals surface area (Å²) in [6, 6.07) is 9.66. The molecule has 1 aliphatic heterocycles. The molecule has 7 nitrogen and oxygen atoms in total. The number of imidazole rings is 1. The van der Waals surface area contributed by atoms with Gasteiger partial charge in [0.2, 0.25) is 0 Å². The summed E-state index contributed by atoms with van der Waals surface area (Å²) in [6.07, 6.45) is 3.60. The number of fused-ring (bicyclic) bond motifs is 1. The maximum absolute atomic E-state index is 13.3. The number of urea groups is 1. The number of halogens is 2. The smallest absolute Gasteiger partial charge is 0.315 e. The summed E-state index contributed by atoms with van der Waals surface area (Å²) in [4.78, 5) is 19.1. The number of aromatic nitrogens is 2. The molecule has 1 atom stereocenters. The van der Waals surface area contributed by atoms with Crippen molar-refractivity contribution in [3.63, 3.8) is 0 Å². The first-order valence-corrected chi connectivity index (χ1v) is 10.2. The lowest BCUT2D eigenvalue weighted by Crippen LogP contribution is -2.45. The van der Waals surface area contributed by atoms with E-state index >= 15 is 0 Å². The monoisotopic (exact) mass is 431 g/mol. The SMILES string of the molecule is O=C(NCc1cn2cc(Cl)ccc2n1)NCC(c1ccc(F)cc1)N1CCOCC1. The van der Waals surface area contributed by atoms with Crippen LogP contribution in [0.15, 0.2) is 48.8 Å². The third-order valence-electron chi connectivity index (χ3n) is 5.09. The fourth-order valence-electron chi connectivity index (χ4n) is 3.56. The van der Waals surface area contributed by atoms with E-state index in [1.807, 2.05) is 16.7 Å². The van der Waals surface area contributed by atoms with E-state index in [1.165, 1.54) is 12.1 Å². The summed E-state index contributed by atoms with van der Waals surface area (Å²) < 4.78 is 20.6. The molecule has 0 aliphatic carbocycles. The van der Waals surface area contributed by atoms with Crippen molar-refractivity contribution in [2.45, 2.75) is 12.6 Å². The molecule has 158 valence electrons. The van der Waals surface area contributed by atoms with Gasteiger partial charge in [0.25, 0.3) is 0 Å². The van der Waals surface area contributed by atoms with Gasteiger partial charge in [-0.25, -0.2) is 14.2 Å². The molecule has 0 bridgehead atoms. The van der Waals surface area contributed by atoms with Crippen molar-refractivity contribution in [3.05, 3.63) is 70.9 Å². The fourth-order valence-corrected chi connectivity index (χ4v) is 3.73. The summed E-state index contributed by atoms with van der Waals surface area (Å²) in [7, 11) is 0. The molecule has 2 aromatic heterocycles. The second-order valence-corrected chi connectivity index (χ2v) is 7.56. The Kier molecular flexibility index (Phi) is 6.47. The molecule has 0 spiro atoms. The molecule has 0 saturated carbocycles. The lowest BCUT2D eigenvalue weighted by molar-refractivity contribution is 0.0167. The number of nitrogens with zero attached hydrogens (tertiary/aromatic N) is 3. The van der Waals surface area contributed by atoms with Gasteiger partial charge < -0.3 is 19.8 Å². The Balaban J connectivity index is 1.36. The lowest BCUT2D eigenvalue weighted by atomic mass is 10.0. The first-order chi connectivity index (χ1) is 14.6. The van der Waals surface area contributed by atoms with E-state index in [-0.39, 0.29) is 17.9 Å². The Bertz CT molecular complexity index is 1000. The van der Waals surface area contributed by atoms with Crippen LogP contribution in [0.2, 0.25) is 5.02 Å². The van der Waals surface area contributed by atoms with Gasteiger partial charge in [0.1, 0.15) is 11.5 Å². The highest BCUT2D eigenvalue weighted by molar-refractivity contribution is 6.30. The highest BCUT2D eigenvalue weighted by Crippen LogP contribution is 2.21. The molecule has 1 aromatic carbocycles. The van der Waals surface area contributed by atoms with Crippen molar-refractivity contribution in [1.82, 2.24) is 24.9 Å². The van der Waals surface area contributed by atoms with Crippen LogP contribution in [0.25, 0.3) is 5.65 Å². The lowest BCUT2D eigenvalue weighted by Gasteiger charge is -2.34. The largest absolute Gasteiger partial charge is 0.379 e. The molecule has 3 aromatic rings. The van der Waals surface area contributed by atoms with E-state index in [4.69, 9.17) is 16.3 Å². The van der Waals surface area contributed by atoms with E-state index in [0.29, 0.717) is 31.3 Å². The van der Waals surface area contributed by atoms with Gasteiger partial charge in [-0.15, -0.1) is 0 Å². The molecule has 2 N–H and O–H groups in total. The molecule has 1 fully saturated rings. The average Bonchev–Trinajstić information content (AvgIpc) is 3.16. The number of nitrogens with one attached hydrogen (secondary N) is 2. The Hall–Kier alpha value is -2.68. The predicted molar refractivity (Wildman–Crippen MR) is 112 cm³/mol. The summed E-state index contributed by atoms with van der Waals surface area (Å²) in [6.45, 7) is 3.50. The number of benzene rings is 1. The number of rotatable bonds is 6. The maximum atomic E-state index is 13.3. The molecular weight excluding hydrogens is 409 g/mol. The van der Waals surface area contributed by atoms with Gasteiger partial charge in [-0.2, -0.15) is 0 Å². The van der Waals surface area contributed by atoms with Crippen molar-refractivity contribution >= 4 is 23.3 Å². The zero-order valence-corrected chi connectivity index (χ0v) is 17.1. The van der Waals surface area contributed by atoms with Crippen LogP contribution in [0, 0.1) is 5.82 Å². The van der Waals surface area contributed by atoms with E-state index < -0.39 is 0 Å². The first-order valence-electron chi connectivity index (χ1n) is 9.80. The minimum atomic E-state index is -0.287.